The van der Waals surface area contributed by atoms with E-state index >= 15 is 0 Å². The van der Waals surface area contributed by atoms with E-state index < -0.39 is 5.91 Å². The second-order valence-electron chi connectivity index (χ2n) is 5.52. The van der Waals surface area contributed by atoms with Gasteiger partial charge in [-0.1, -0.05) is 12.1 Å². The van der Waals surface area contributed by atoms with Crippen LogP contribution in [0, 0.1) is 17.1 Å². The first-order valence-corrected chi connectivity index (χ1v) is 8.19. The van der Waals surface area contributed by atoms with E-state index in [-0.39, 0.29) is 11.4 Å². The maximum atomic E-state index is 12.9. The zero-order valence-electron chi connectivity index (χ0n) is 15.1. The number of benzene rings is 2. The first-order valence-electron chi connectivity index (χ1n) is 8.19. The molecule has 0 saturated carbocycles. The highest BCUT2D eigenvalue weighted by molar-refractivity contribution is 6.07. The van der Waals surface area contributed by atoms with Gasteiger partial charge in [0, 0.05) is 18.8 Å². The summed E-state index contributed by atoms with van der Waals surface area (Å²) in [5, 5.41) is 14.8. The average molecular weight is 369 g/mol. The third-order valence-corrected chi connectivity index (χ3v) is 3.74. The Morgan fingerprint density at radius 3 is 2.56 bits per heavy atom. The number of nitrogens with zero attached hydrogens (tertiary/aromatic N) is 1. The predicted molar refractivity (Wildman–Crippen MR) is 100.0 cm³/mol. The fraction of sp³-hybridized carbons (Fsp3) is 0.200. The molecule has 0 heterocycles. The van der Waals surface area contributed by atoms with E-state index in [0.29, 0.717) is 30.2 Å². The van der Waals surface area contributed by atoms with E-state index in [0.717, 1.165) is 5.56 Å². The van der Waals surface area contributed by atoms with Gasteiger partial charge in [0.2, 0.25) is 0 Å². The molecule has 140 valence electrons. The van der Waals surface area contributed by atoms with E-state index in [1.807, 2.05) is 6.07 Å². The number of carbonyl (C=O) groups is 1. The number of halogens is 1. The third kappa shape index (κ3) is 5.75. The molecule has 0 saturated heterocycles. The monoisotopic (exact) mass is 369 g/mol. The number of anilines is 1. The molecule has 2 N–H and O–H groups in total. The van der Waals surface area contributed by atoms with E-state index in [4.69, 9.17) is 9.47 Å². The zero-order chi connectivity index (χ0) is 19.6. The number of methoxy groups -OCH3 is 2. The smallest absolute Gasteiger partial charge is 0.267 e. The van der Waals surface area contributed by atoms with Crippen LogP contribution in [0.25, 0.3) is 0 Å². The Labute approximate surface area is 157 Å². The summed E-state index contributed by atoms with van der Waals surface area (Å²) in [6.45, 7) is 0.493. The summed E-state index contributed by atoms with van der Waals surface area (Å²) in [4.78, 5) is 12.3. The molecule has 0 spiro atoms. The molecule has 0 aliphatic rings. The van der Waals surface area contributed by atoms with Crippen LogP contribution >= 0.6 is 0 Å². The van der Waals surface area contributed by atoms with Crippen LogP contribution in [-0.4, -0.2) is 26.7 Å². The topological polar surface area (TPSA) is 83.4 Å². The molecule has 27 heavy (non-hydrogen) atoms. The summed E-state index contributed by atoms with van der Waals surface area (Å²) in [6.07, 6.45) is 1.98. The van der Waals surface area contributed by atoms with Crippen LogP contribution in [0.1, 0.15) is 5.56 Å². The van der Waals surface area contributed by atoms with Gasteiger partial charge in [0.1, 0.15) is 29.0 Å². The van der Waals surface area contributed by atoms with Crippen LogP contribution in [0.5, 0.6) is 11.5 Å². The fourth-order valence-corrected chi connectivity index (χ4v) is 2.29. The summed E-state index contributed by atoms with van der Waals surface area (Å²) < 4.78 is 23.2. The van der Waals surface area contributed by atoms with Crippen molar-refractivity contribution >= 4 is 11.6 Å². The number of nitrogens with one attached hydrogen (secondary N) is 2. The summed E-state index contributed by atoms with van der Waals surface area (Å²) in [5.41, 5.74) is 1.26. The molecular weight excluding hydrogens is 349 g/mol. The Hall–Kier alpha value is -3.53. The Morgan fingerprint density at radius 2 is 1.93 bits per heavy atom. The summed E-state index contributed by atoms with van der Waals surface area (Å²) >= 11 is 0. The molecule has 0 aliphatic carbocycles. The van der Waals surface area contributed by atoms with Gasteiger partial charge in [-0.3, -0.25) is 4.79 Å². The highest BCUT2D eigenvalue weighted by Gasteiger charge is 2.13. The van der Waals surface area contributed by atoms with Crippen LogP contribution in [0.4, 0.5) is 10.1 Å². The van der Waals surface area contributed by atoms with Crippen molar-refractivity contribution in [3.05, 3.63) is 65.6 Å². The Bertz CT molecular complexity index is 858. The normalized spacial score (nSPS) is 10.7. The molecule has 0 radical (unpaired) electrons. The lowest BCUT2D eigenvalue weighted by atomic mass is 10.1. The van der Waals surface area contributed by atoms with Crippen molar-refractivity contribution in [3.63, 3.8) is 0 Å². The van der Waals surface area contributed by atoms with Gasteiger partial charge in [-0.2, -0.15) is 5.26 Å². The number of amides is 1. The number of hydrogen-bond acceptors (Lipinski definition) is 5. The highest BCUT2D eigenvalue weighted by atomic mass is 19.1. The fourth-order valence-electron chi connectivity index (χ4n) is 2.29. The van der Waals surface area contributed by atoms with E-state index in [1.165, 1.54) is 32.6 Å². The first kappa shape index (κ1) is 19.8. The zero-order valence-corrected chi connectivity index (χ0v) is 15.1. The standard InChI is InChI=1S/C20H20FN3O3/c1-26-17-7-8-19(27-2)18(11-17)24-20(25)15(12-22)13-23-10-9-14-3-5-16(21)6-4-14/h3-8,11,13,23H,9-10H2,1-2H3,(H,24,25)/b15-13-. The second kappa shape index (κ2) is 9.82. The number of hydrogen-bond donors (Lipinski definition) is 2. The van der Waals surface area contributed by atoms with Gasteiger partial charge < -0.3 is 20.1 Å². The lowest BCUT2D eigenvalue weighted by Gasteiger charge is -2.11. The predicted octanol–water partition coefficient (Wildman–Crippen LogP) is 3.02. The molecule has 2 rings (SSSR count). The van der Waals surface area contributed by atoms with Gasteiger partial charge in [0.15, 0.2) is 0 Å². The Kier molecular flexibility index (Phi) is 7.20. The SMILES string of the molecule is COc1ccc(OC)c(NC(=O)/C(C#N)=C\NCCc2ccc(F)cc2)c1. The molecule has 2 aromatic rings. The minimum absolute atomic E-state index is 0.0843. The number of rotatable bonds is 8. The van der Waals surface area contributed by atoms with Gasteiger partial charge in [-0.05, 0) is 36.2 Å². The van der Waals surface area contributed by atoms with Crippen molar-refractivity contribution < 1.29 is 18.7 Å². The van der Waals surface area contributed by atoms with Gasteiger partial charge >= 0.3 is 0 Å². The Morgan fingerprint density at radius 1 is 1.19 bits per heavy atom. The molecule has 7 heteroatoms. The van der Waals surface area contributed by atoms with Crippen molar-refractivity contribution in [1.29, 1.82) is 5.26 Å². The van der Waals surface area contributed by atoms with Crippen molar-refractivity contribution in [2.24, 2.45) is 0 Å². The minimum Gasteiger partial charge on any atom is -0.497 e. The van der Waals surface area contributed by atoms with Crippen LogP contribution < -0.4 is 20.1 Å². The van der Waals surface area contributed by atoms with Crippen molar-refractivity contribution in [1.82, 2.24) is 5.32 Å². The van der Waals surface area contributed by atoms with E-state index in [1.54, 1.807) is 30.3 Å². The first-order chi connectivity index (χ1) is 13.1. The van der Waals surface area contributed by atoms with Crippen LogP contribution in [0.15, 0.2) is 54.2 Å². The van der Waals surface area contributed by atoms with Crippen LogP contribution in [-0.2, 0) is 11.2 Å². The molecule has 0 bridgehead atoms. The molecule has 2 aromatic carbocycles. The summed E-state index contributed by atoms with van der Waals surface area (Å²) in [6, 6.07) is 13.0. The maximum Gasteiger partial charge on any atom is 0.267 e. The summed E-state index contributed by atoms with van der Waals surface area (Å²) in [5.74, 6) is 0.137. The second-order valence-corrected chi connectivity index (χ2v) is 5.52. The molecular formula is C20H20FN3O3. The lowest BCUT2D eigenvalue weighted by Crippen LogP contribution is -2.18. The molecule has 0 aromatic heterocycles. The van der Waals surface area contributed by atoms with Crippen molar-refractivity contribution in [3.8, 4) is 17.6 Å². The minimum atomic E-state index is -0.571. The lowest BCUT2D eigenvalue weighted by molar-refractivity contribution is -0.112. The van der Waals surface area contributed by atoms with Crippen LogP contribution in [0.2, 0.25) is 0 Å². The molecule has 0 aliphatic heterocycles. The number of carbonyl (C=O) groups excluding carboxylic acids is 1. The number of nitriles is 1. The van der Waals surface area contributed by atoms with Crippen molar-refractivity contribution in [2.75, 3.05) is 26.1 Å². The van der Waals surface area contributed by atoms with E-state index in [9.17, 15) is 14.4 Å². The Balaban J connectivity index is 1.97. The third-order valence-electron chi connectivity index (χ3n) is 3.74. The summed E-state index contributed by atoms with van der Waals surface area (Å²) in [7, 11) is 2.99. The number of ether oxygens (including phenoxy) is 2. The van der Waals surface area contributed by atoms with E-state index in [2.05, 4.69) is 10.6 Å². The quantitative estimate of drug-likeness (QED) is 0.425. The molecule has 0 unspecified atom stereocenters. The maximum absolute atomic E-state index is 12.9. The van der Waals surface area contributed by atoms with Gasteiger partial charge in [-0.15, -0.1) is 0 Å². The molecule has 0 fully saturated rings. The molecule has 6 nitrogen and oxygen atoms in total. The van der Waals surface area contributed by atoms with Gasteiger partial charge in [-0.25, -0.2) is 4.39 Å². The van der Waals surface area contributed by atoms with Gasteiger partial charge in [0.25, 0.3) is 5.91 Å². The molecule has 0 atom stereocenters. The van der Waals surface area contributed by atoms with Gasteiger partial charge in [0.05, 0.1) is 19.9 Å². The van der Waals surface area contributed by atoms with Crippen molar-refractivity contribution in [2.45, 2.75) is 6.42 Å². The molecule has 1 amide bonds. The van der Waals surface area contributed by atoms with Crippen LogP contribution in [0.3, 0.4) is 0 Å². The largest absolute Gasteiger partial charge is 0.497 e. The average Bonchev–Trinajstić information content (AvgIpc) is 2.69. The highest BCUT2D eigenvalue weighted by Crippen LogP contribution is 2.29.